The zero-order chi connectivity index (χ0) is 14.2. The summed E-state index contributed by atoms with van der Waals surface area (Å²) >= 11 is 0. The van der Waals surface area contributed by atoms with Crippen LogP contribution in [-0.2, 0) is 17.8 Å². The van der Waals surface area contributed by atoms with Gasteiger partial charge in [0.05, 0.1) is 5.54 Å². The van der Waals surface area contributed by atoms with Gasteiger partial charge in [-0.1, -0.05) is 6.07 Å². The summed E-state index contributed by atoms with van der Waals surface area (Å²) in [7, 11) is 0. The molecule has 116 valence electrons. The fourth-order valence-corrected chi connectivity index (χ4v) is 3.30. The van der Waals surface area contributed by atoms with Crippen molar-refractivity contribution in [3.05, 3.63) is 29.3 Å². The van der Waals surface area contributed by atoms with Crippen molar-refractivity contribution in [1.29, 1.82) is 0 Å². The van der Waals surface area contributed by atoms with Gasteiger partial charge in [-0.2, -0.15) is 0 Å². The lowest BCUT2D eigenvalue weighted by molar-refractivity contribution is -0.139. The third-order valence-corrected chi connectivity index (χ3v) is 4.58. The Kier molecular flexibility index (Phi) is 4.79. The molecule has 21 heavy (non-hydrogen) atoms. The number of fused-ring (bicyclic) bond motifs is 1. The van der Waals surface area contributed by atoms with Crippen molar-refractivity contribution in [2.45, 2.75) is 44.7 Å². The lowest BCUT2D eigenvalue weighted by atomic mass is 9.88. The predicted molar refractivity (Wildman–Crippen MR) is 84.7 cm³/mol. The van der Waals surface area contributed by atoms with Gasteiger partial charge in [0.2, 0.25) is 5.91 Å². The lowest BCUT2D eigenvalue weighted by Gasteiger charge is -2.39. The van der Waals surface area contributed by atoms with Crippen LogP contribution in [0.4, 0.5) is 0 Å². The standard InChI is InChI=1S/C16H22N2O2.ClH/c1-16(7-2-3-8-17-16)15(20)18-9-6-12-4-5-14(19)10-13(12)11-18;/h4-5,10,17,19H,2-3,6-9,11H2,1H3;1H. The quantitative estimate of drug-likeness (QED) is 0.836. The minimum atomic E-state index is -0.410. The molecular formula is C16H23ClN2O2. The van der Waals surface area contributed by atoms with Crippen LogP contribution in [0.1, 0.15) is 37.3 Å². The van der Waals surface area contributed by atoms with E-state index in [9.17, 15) is 9.90 Å². The normalized spacial score (nSPS) is 24.9. The molecule has 1 fully saturated rings. The molecule has 1 saturated heterocycles. The number of aromatic hydroxyl groups is 1. The van der Waals surface area contributed by atoms with E-state index in [0.29, 0.717) is 6.54 Å². The Bertz CT molecular complexity index is 527. The Morgan fingerprint density at radius 1 is 1.33 bits per heavy atom. The van der Waals surface area contributed by atoms with E-state index in [-0.39, 0.29) is 24.1 Å². The van der Waals surface area contributed by atoms with Crippen LogP contribution in [0.25, 0.3) is 0 Å². The third-order valence-electron chi connectivity index (χ3n) is 4.58. The van der Waals surface area contributed by atoms with Gasteiger partial charge in [0.1, 0.15) is 5.75 Å². The molecule has 0 spiro atoms. The van der Waals surface area contributed by atoms with Crippen molar-refractivity contribution in [1.82, 2.24) is 10.2 Å². The average molecular weight is 311 g/mol. The number of nitrogens with one attached hydrogen (secondary N) is 1. The summed E-state index contributed by atoms with van der Waals surface area (Å²) < 4.78 is 0. The Balaban J connectivity index is 0.00000161. The van der Waals surface area contributed by atoms with Crippen LogP contribution in [-0.4, -0.2) is 34.5 Å². The second-order valence-electron chi connectivity index (χ2n) is 6.15. The van der Waals surface area contributed by atoms with E-state index in [2.05, 4.69) is 5.32 Å². The number of phenolic OH excluding ortho intramolecular Hbond substituents is 1. The highest BCUT2D eigenvalue weighted by atomic mass is 35.5. The van der Waals surface area contributed by atoms with E-state index in [1.54, 1.807) is 12.1 Å². The van der Waals surface area contributed by atoms with Crippen LogP contribution < -0.4 is 5.32 Å². The maximum absolute atomic E-state index is 12.8. The number of carbonyl (C=O) groups excluding carboxylic acids is 1. The highest BCUT2D eigenvalue weighted by Crippen LogP contribution is 2.27. The van der Waals surface area contributed by atoms with E-state index in [1.165, 1.54) is 5.56 Å². The molecule has 1 amide bonds. The van der Waals surface area contributed by atoms with Gasteiger partial charge < -0.3 is 15.3 Å². The zero-order valence-corrected chi connectivity index (χ0v) is 13.2. The molecule has 1 unspecified atom stereocenters. The first kappa shape index (κ1) is 16.1. The molecule has 0 aromatic heterocycles. The molecule has 2 heterocycles. The Morgan fingerprint density at radius 3 is 2.86 bits per heavy atom. The molecule has 2 aliphatic rings. The summed E-state index contributed by atoms with van der Waals surface area (Å²) in [4.78, 5) is 14.7. The van der Waals surface area contributed by atoms with Crippen LogP contribution in [0, 0.1) is 0 Å². The van der Waals surface area contributed by atoms with Crippen molar-refractivity contribution in [2.75, 3.05) is 13.1 Å². The molecule has 0 radical (unpaired) electrons. The summed E-state index contributed by atoms with van der Waals surface area (Å²) in [5.41, 5.74) is 1.91. The highest BCUT2D eigenvalue weighted by molar-refractivity contribution is 5.86. The molecule has 4 nitrogen and oxygen atoms in total. The Labute approximate surface area is 131 Å². The van der Waals surface area contributed by atoms with Crippen molar-refractivity contribution < 1.29 is 9.90 Å². The number of hydrogen-bond donors (Lipinski definition) is 2. The van der Waals surface area contributed by atoms with Gasteiger partial charge in [-0.25, -0.2) is 0 Å². The van der Waals surface area contributed by atoms with Gasteiger partial charge in [0.25, 0.3) is 0 Å². The second-order valence-corrected chi connectivity index (χ2v) is 6.15. The molecule has 0 saturated carbocycles. The van der Waals surface area contributed by atoms with E-state index >= 15 is 0 Å². The number of nitrogens with zero attached hydrogens (tertiary/aromatic N) is 1. The van der Waals surface area contributed by atoms with E-state index in [4.69, 9.17) is 0 Å². The van der Waals surface area contributed by atoms with E-state index < -0.39 is 5.54 Å². The number of amides is 1. The van der Waals surface area contributed by atoms with Gasteiger partial charge >= 0.3 is 0 Å². The maximum Gasteiger partial charge on any atom is 0.242 e. The summed E-state index contributed by atoms with van der Waals surface area (Å²) in [6.45, 7) is 4.33. The van der Waals surface area contributed by atoms with Crippen molar-refractivity contribution in [2.24, 2.45) is 0 Å². The first-order chi connectivity index (χ1) is 9.58. The SMILES string of the molecule is CC1(C(=O)N2CCc3ccc(O)cc3C2)CCCCN1.Cl. The molecule has 0 bridgehead atoms. The van der Waals surface area contributed by atoms with Crippen LogP contribution in [0.2, 0.25) is 0 Å². The largest absolute Gasteiger partial charge is 0.508 e. The number of hydrogen-bond acceptors (Lipinski definition) is 3. The van der Waals surface area contributed by atoms with Crippen LogP contribution in [0.15, 0.2) is 18.2 Å². The zero-order valence-electron chi connectivity index (χ0n) is 12.4. The van der Waals surface area contributed by atoms with Gasteiger partial charge in [-0.3, -0.25) is 4.79 Å². The van der Waals surface area contributed by atoms with Crippen LogP contribution >= 0.6 is 12.4 Å². The highest BCUT2D eigenvalue weighted by Gasteiger charge is 2.38. The summed E-state index contributed by atoms with van der Waals surface area (Å²) in [5.74, 6) is 0.478. The average Bonchev–Trinajstić information content (AvgIpc) is 2.46. The topological polar surface area (TPSA) is 52.6 Å². The minimum Gasteiger partial charge on any atom is -0.508 e. The summed E-state index contributed by atoms with van der Waals surface area (Å²) in [6.07, 6.45) is 4.05. The number of rotatable bonds is 1. The summed E-state index contributed by atoms with van der Waals surface area (Å²) in [5, 5.41) is 13.0. The van der Waals surface area contributed by atoms with E-state index in [1.807, 2.05) is 17.9 Å². The Hall–Kier alpha value is -1.26. The second kappa shape index (κ2) is 6.24. The predicted octanol–water partition coefficient (Wildman–Crippen LogP) is 2.23. The van der Waals surface area contributed by atoms with Gasteiger partial charge in [-0.05, 0) is 62.4 Å². The van der Waals surface area contributed by atoms with Crippen molar-refractivity contribution in [3.63, 3.8) is 0 Å². The third kappa shape index (κ3) is 3.16. The van der Waals surface area contributed by atoms with Crippen LogP contribution in [0.5, 0.6) is 5.75 Å². The van der Waals surface area contributed by atoms with Gasteiger partial charge in [0, 0.05) is 13.1 Å². The number of halogens is 1. The fourth-order valence-electron chi connectivity index (χ4n) is 3.30. The Morgan fingerprint density at radius 2 is 2.14 bits per heavy atom. The lowest BCUT2D eigenvalue weighted by Crippen LogP contribution is -2.58. The molecule has 2 N–H and O–H groups in total. The number of benzene rings is 1. The van der Waals surface area contributed by atoms with Crippen molar-refractivity contribution in [3.8, 4) is 5.75 Å². The van der Waals surface area contributed by atoms with Crippen molar-refractivity contribution >= 4 is 18.3 Å². The smallest absolute Gasteiger partial charge is 0.242 e. The first-order valence-corrected chi connectivity index (χ1v) is 7.44. The molecular weight excluding hydrogens is 288 g/mol. The number of phenols is 1. The molecule has 0 aliphatic carbocycles. The van der Waals surface area contributed by atoms with Gasteiger partial charge in [0.15, 0.2) is 0 Å². The fraction of sp³-hybridized carbons (Fsp3) is 0.562. The number of carbonyl (C=O) groups is 1. The van der Waals surface area contributed by atoms with Crippen LogP contribution in [0.3, 0.4) is 0 Å². The maximum atomic E-state index is 12.8. The molecule has 2 aliphatic heterocycles. The molecule has 1 aromatic rings. The first-order valence-electron chi connectivity index (χ1n) is 7.44. The summed E-state index contributed by atoms with van der Waals surface area (Å²) in [6, 6.07) is 5.47. The van der Waals surface area contributed by atoms with Gasteiger partial charge in [-0.15, -0.1) is 12.4 Å². The molecule has 5 heteroatoms. The molecule has 1 atom stereocenters. The monoisotopic (exact) mass is 310 g/mol. The molecule has 1 aromatic carbocycles. The number of piperidine rings is 1. The van der Waals surface area contributed by atoms with E-state index in [0.717, 1.165) is 44.3 Å². The minimum absolute atomic E-state index is 0. The molecule has 3 rings (SSSR count).